The number of carbonyl (C=O) groups excluding carboxylic acids is 1. The second kappa shape index (κ2) is 11.4. The van der Waals surface area contributed by atoms with Gasteiger partial charge in [-0.15, -0.1) is 11.8 Å². The van der Waals surface area contributed by atoms with Gasteiger partial charge in [-0.2, -0.15) is 0 Å². The molecule has 33 heavy (non-hydrogen) atoms. The van der Waals surface area contributed by atoms with Crippen LogP contribution < -0.4 is 0 Å². The summed E-state index contributed by atoms with van der Waals surface area (Å²) in [6.45, 7) is -1.31. The number of phenols is 1. The van der Waals surface area contributed by atoms with Gasteiger partial charge in [0, 0.05) is 5.75 Å². The fourth-order valence-corrected chi connectivity index (χ4v) is 4.78. The molecule has 0 unspecified atom stereocenters. The Kier molecular flexibility index (Phi) is 9.05. The molecule has 0 aliphatic carbocycles. The second-order valence-electron chi connectivity index (χ2n) is 7.83. The molecular formula is C20H28O12S. The molecule has 13 heteroatoms. The number of ether oxygens (including phenoxy) is 3. The van der Waals surface area contributed by atoms with Crippen molar-refractivity contribution in [2.24, 2.45) is 0 Å². The van der Waals surface area contributed by atoms with Crippen molar-refractivity contribution in [1.29, 1.82) is 0 Å². The van der Waals surface area contributed by atoms with Gasteiger partial charge < -0.3 is 55.1 Å². The summed E-state index contributed by atoms with van der Waals surface area (Å²) in [5.74, 6) is 0.0722. The van der Waals surface area contributed by atoms with Crippen molar-refractivity contribution < 1.29 is 59.9 Å². The number of thioether (sulfide) groups is 1. The maximum Gasteiger partial charge on any atom is 0.187 e. The number of hydrogen-bond acceptors (Lipinski definition) is 13. The van der Waals surface area contributed by atoms with Gasteiger partial charge in [0.15, 0.2) is 12.6 Å². The molecule has 2 saturated heterocycles. The summed E-state index contributed by atoms with van der Waals surface area (Å²) in [6, 6.07) is 4.40. The smallest absolute Gasteiger partial charge is 0.187 e. The van der Waals surface area contributed by atoms with Crippen LogP contribution in [0.4, 0.5) is 0 Å². The fourth-order valence-electron chi connectivity index (χ4n) is 3.66. The normalized spacial score (nSPS) is 39.4. The van der Waals surface area contributed by atoms with E-state index in [9.17, 15) is 45.6 Å². The van der Waals surface area contributed by atoms with Gasteiger partial charge in [-0.3, -0.25) is 4.79 Å². The second-order valence-corrected chi connectivity index (χ2v) is 8.91. The lowest BCUT2D eigenvalue weighted by Crippen LogP contribution is -2.64. The Balaban J connectivity index is 1.67. The molecule has 12 nitrogen and oxygen atoms in total. The molecule has 0 radical (unpaired) electrons. The van der Waals surface area contributed by atoms with Crippen LogP contribution in [-0.4, -0.2) is 121 Å². The Labute approximate surface area is 193 Å². The number of aliphatic hydroxyl groups is 7. The molecule has 0 amide bonds. The van der Waals surface area contributed by atoms with Crippen molar-refractivity contribution in [2.75, 3.05) is 13.2 Å². The van der Waals surface area contributed by atoms with Crippen molar-refractivity contribution in [2.45, 2.75) is 66.3 Å². The van der Waals surface area contributed by atoms with E-state index in [2.05, 4.69) is 0 Å². The summed E-state index contributed by atoms with van der Waals surface area (Å²) in [6.07, 6.45) is -13.0. The molecule has 2 aliphatic heterocycles. The van der Waals surface area contributed by atoms with Crippen LogP contribution in [-0.2, 0) is 20.0 Å². The van der Waals surface area contributed by atoms with Gasteiger partial charge in [0.1, 0.15) is 60.0 Å². The van der Waals surface area contributed by atoms with Gasteiger partial charge in [0.05, 0.1) is 18.8 Å². The molecule has 1 aromatic carbocycles. The molecule has 0 aromatic heterocycles. The van der Waals surface area contributed by atoms with E-state index >= 15 is 0 Å². The van der Waals surface area contributed by atoms with Crippen molar-refractivity contribution in [3.8, 4) is 5.75 Å². The molecule has 0 saturated carbocycles. The van der Waals surface area contributed by atoms with Crippen LogP contribution in [0, 0.1) is 0 Å². The van der Waals surface area contributed by atoms with Crippen molar-refractivity contribution in [3.63, 3.8) is 0 Å². The Morgan fingerprint density at radius 3 is 2.24 bits per heavy atom. The highest BCUT2D eigenvalue weighted by Crippen LogP contribution is 2.34. The highest BCUT2D eigenvalue weighted by molar-refractivity contribution is 7.99. The third-order valence-electron chi connectivity index (χ3n) is 5.59. The highest BCUT2D eigenvalue weighted by atomic mass is 32.2. The van der Waals surface area contributed by atoms with Gasteiger partial charge in [-0.1, -0.05) is 6.07 Å². The zero-order valence-corrected chi connectivity index (χ0v) is 18.1. The van der Waals surface area contributed by atoms with Gasteiger partial charge in [0.2, 0.25) is 0 Å². The molecule has 2 heterocycles. The number of phenolic OH excluding ortho intramolecular Hbond substituents is 1. The Hall–Kier alpha value is -1.36. The SMILES string of the molecule is O=Cc1cc(CS[C@@H]2O[C@H](CO)[C@@H](O[C@@H]3O[C@H](CO)[C@@H](O)[C@H](O)[C@H]3O)[C@H](O)[C@H]2O)ccc1O. The molecule has 2 fully saturated rings. The zero-order valence-electron chi connectivity index (χ0n) is 17.3. The van der Waals surface area contributed by atoms with E-state index in [1.165, 1.54) is 12.1 Å². The van der Waals surface area contributed by atoms with E-state index in [4.69, 9.17) is 14.2 Å². The predicted octanol–water partition coefficient (Wildman–Crippen LogP) is -2.94. The molecular weight excluding hydrogens is 464 g/mol. The van der Waals surface area contributed by atoms with Crippen LogP contribution in [0.5, 0.6) is 5.75 Å². The molecule has 0 bridgehead atoms. The number of rotatable bonds is 8. The summed E-state index contributed by atoms with van der Waals surface area (Å²) in [4.78, 5) is 11.0. The average molecular weight is 492 g/mol. The van der Waals surface area contributed by atoms with Crippen LogP contribution in [0.1, 0.15) is 15.9 Å². The minimum atomic E-state index is -1.74. The highest BCUT2D eigenvalue weighted by Gasteiger charge is 2.50. The van der Waals surface area contributed by atoms with Gasteiger partial charge in [-0.25, -0.2) is 0 Å². The summed E-state index contributed by atoms with van der Waals surface area (Å²) in [5, 5.41) is 79.7. The van der Waals surface area contributed by atoms with Crippen molar-refractivity contribution in [1.82, 2.24) is 0 Å². The van der Waals surface area contributed by atoms with Crippen LogP contribution in [0.25, 0.3) is 0 Å². The predicted molar refractivity (Wildman–Crippen MR) is 111 cm³/mol. The number of benzene rings is 1. The number of hydrogen-bond donors (Lipinski definition) is 8. The zero-order chi connectivity index (χ0) is 24.3. The lowest BCUT2D eigenvalue weighted by Gasteiger charge is -2.46. The maximum absolute atomic E-state index is 11.0. The summed E-state index contributed by atoms with van der Waals surface area (Å²) in [7, 11) is 0. The van der Waals surface area contributed by atoms with Crippen LogP contribution >= 0.6 is 11.8 Å². The first-order valence-corrected chi connectivity index (χ1v) is 11.2. The van der Waals surface area contributed by atoms with Gasteiger partial charge in [0.25, 0.3) is 0 Å². The van der Waals surface area contributed by atoms with E-state index in [1.54, 1.807) is 6.07 Å². The minimum absolute atomic E-state index is 0.0967. The average Bonchev–Trinajstić information content (AvgIpc) is 2.82. The molecule has 1 aromatic rings. The number of aromatic hydroxyl groups is 1. The van der Waals surface area contributed by atoms with Crippen LogP contribution in [0.15, 0.2) is 18.2 Å². The first-order valence-electron chi connectivity index (χ1n) is 10.2. The third-order valence-corrected chi connectivity index (χ3v) is 6.81. The van der Waals surface area contributed by atoms with Gasteiger partial charge in [-0.05, 0) is 17.7 Å². The molecule has 8 N–H and O–H groups in total. The molecule has 3 rings (SSSR count). The minimum Gasteiger partial charge on any atom is -0.507 e. The number of aldehydes is 1. The lowest BCUT2D eigenvalue weighted by atomic mass is 9.97. The van der Waals surface area contributed by atoms with Crippen LogP contribution in [0.2, 0.25) is 0 Å². The largest absolute Gasteiger partial charge is 0.507 e. The van der Waals surface area contributed by atoms with Gasteiger partial charge >= 0.3 is 0 Å². The third kappa shape index (κ3) is 5.66. The molecule has 2 aliphatic rings. The Morgan fingerprint density at radius 2 is 1.61 bits per heavy atom. The maximum atomic E-state index is 11.0. The van der Waals surface area contributed by atoms with Crippen LogP contribution in [0.3, 0.4) is 0 Å². The van der Waals surface area contributed by atoms with Crippen molar-refractivity contribution >= 4 is 18.0 Å². The number of carbonyl (C=O) groups is 1. The molecule has 186 valence electrons. The van der Waals surface area contributed by atoms with E-state index in [0.717, 1.165) is 11.8 Å². The molecule has 0 spiro atoms. The van der Waals surface area contributed by atoms with E-state index < -0.39 is 73.8 Å². The van der Waals surface area contributed by atoms with E-state index in [0.29, 0.717) is 11.8 Å². The fraction of sp³-hybridized carbons (Fsp3) is 0.650. The topological polar surface area (TPSA) is 207 Å². The standard InChI is InChI=1S/C20H28O12S/c21-4-9-3-8(1-2-10(9)24)7-33-20-17(29)15(27)18(12(6-23)31-20)32-19-16(28)14(26)13(25)11(5-22)30-19/h1-4,11-20,22-29H,5-7H2/t11-,12-,13-,14+,15-,16-,17-,18-,19+,20+/m1/s1. The first kappa shape index (κ1) is 26.2. The summed E-state index contributed by atoms with van der Waals surface area (Å²) in [5.41, 5.74) is -0.259. The van der Waals surface area contributed by atoms with Crippen molar-refractivity contribution in [3.05, 3.63) is 29.3 Å². The Bertz CT molecular complexity index is 792. The monoisotopic (exact) mass is 492 g/mol. The lowest BCUT2D eigenvalue weighted by molar-refractivity contribution is -0.338. The number of aliphatic hydroxyl groups excluding tert-OH is 7. The summed E-state index contributed by atoms with van der Waals surface area (Å²) >= 11 is 1.08. The first-order chi connectivity index (χ1) is 15.7. The molecule has 10 atom stereocenters. The quantitative estimate of drug-likeness (QED) is 0.171. The summed E-state index contributed by atoms with van der Waals surface area (Å²) < 4.78 is 16.4. The Morgan fingerprint density at radius 1 is 0.909 bits per heavy atom. The van der Waals surface area contributed by atoms with E-state index in [-0.39, 0.29) is 17.1 Å². The van der Waals surface area contributed by atoms with E-state index in [1.807, 2.05) is 0 Å².